The van der Waals surface area contributed by atoms with Crippen molar-refractivity contribution in [2.75, 3.05) is 0 Å². The Labute approximate surface area is 82.7 Å². The molecule has 68 valence electrons. The predicted molar refractivity (Wildman–Crippen MR) is 51.5 cm³/mol. The molecule has 0 aromatic carbocycles. The minimum absolute atomic E-state index is 0.161. The third-order valence-corrected chi connectivity index (χ3v) is 3.61. The van der Waals surface area contributed by atoms with Gasteiger partial charge in [-0.05, 0) is 12.0 Å². The first-order valence-electron chi connectivity index (χ1n) is 3.97. The molecule has 1 aliphatic rings. The molecule has 0 amide bonds. The van der Waals surface area contributed by atoms with Gasteiger partial charge in [0.25, 0.3) is 0 Å². The van der Waals surface area contributed by atoms with Crippen molar-refractivity contribution in [3.8, 4) is 0 Å². The fourth-order valence-corrected chi connectivity index (χ4v) is 1.89. The molecule has 0 saturated carbocycles. The Balaban J connectivity index is 2.91. The highest BCUT2D eigenvalue weighted by Gasteiger charge is 2.38. The van der Waals surface area contributed by atoms with Gasteiger partial charge in [-0.3, -0.25) is 4.79 Å². The van der Waals surface area contributed by atoms with Gasteiger partial charge in [0.2, 0.25) is 0 Å². The monoisotopic (exact) mass is 206 g/mol. The summed E-state index contributed by atoms with van der Waals surface area (Å²) in [5, 5.41) is 0. The summed E-state index contributed by atoms with van der Waals surface area (Å²) in [6.07, 6.45) is 3.95. The number of hydrogen-bond donors (Lipinski definition) is 0. The van der Waals surface area contributed by atoms with E-state index in [2.05, 4.69) is 0 Å². The van der Waals surface area contributed by atoms with Crippen LogP contribution in [0.15, 0.2) is 12.2 Å². The summed E-state index contributed by atoms with van der Waals surface area (Å²) in [5.74, 6) is 0.379. The van der Waals surface area contributed by atoms with E-state index in [1.165, 1.54) is 0 Å². The second-order valence-electron chi connectivity index (χ2n) is 3.57. The Bertz CT molecular complexity index is 223. The SMILES string of the molecule is C[C@@H]1CC(=O)C=C[C@@]1(C)C(Cl)Cl. The van der Waals surface area contributed by atoms with Crippen molar-refractivity contribution in [2.24, 2.45) is 11.3 Å². The minimum Gasteiger partial charge on any atom is -0.295 e. The van der Waals surface area contributed by atoms with Crippen LogP contribution in [-0.2, 0) is 4.79 Å². The summed E-state index contributed by atoms with van der Waals surface area (Å²) < 4.78 is 0. The molecule has 3 heteroatoms. The summed E-state index contributed by atoms with van der Waals surface area (Å²) in [7, 11) is 0. The van der Waals surface area contributed by atoms with E-state index in [0.717, 1.165) is 0 Å². The molecule has 0 spiro atoms. The summed E-state index contributed by atoms with van der Waals surface area (Å²) in [6.45, 7) is 3.98. The normalized spacial score (nSPS) is 36.1. The molecule has 0 aromatic heterocycles. The maximum Gasteiger partial charge on any atom is 0.155 e. The van der Waals surface area contributed by atoms with Crippen LogP contribution in [0, 0.1) is 11.3 Å². The first-order valence-corrected chi connectivity index (χ1v) is 4.84. The Morgan fingerprint density at radius 1 is 1.67 bits per heavy atom. The number of ketones is 1. The van der Waals surface area contributed by atoms with Gasteiger partial charge in [-0.15, -0.1) is 23.2 Å². The lowest BCUT2D eigenvalue weighted by atomic mass is 9.73. The zero-order valence-electron chi connectivity index (χ0n) is 7.18. The van der Waals surface area contributed by atoms with Gasteiger partial charge in [0.15, 0.2) is 5.78 Å². The standard InChI is InChI=1S/C9H12Cl2O/c1-6-5-7(12)3-4-9(6,2)8(10)11/h3-4,6,8H,5H2,1-2H3/t6-,9-/m1/s1. The molecule has 0 radical (unpaired) electrons. The highest BCUT2D eigenvalue weighted by Crippen LogP contribution is 2.42. The summed E-state index contributed by atoms with van der Waals surface area (Å²) in [5.41, 5.74) is -0.253. The van der Waals surface area contributed by atoms with Crippen LogP contribution in [0.3, 0.4) is 0 Å². The maximum absolute atomic E-state index is 11.0. The van der Waals surface area contributed by atoms with Crippen LogP contribution in [0.2, 0.25) is 0 Å². The van der Waals surface area contributed by atoms with Crippen LogP contribution in [0.5, 0.6) is 0 Å². The zero-order chi connectivity index (χ0) is 9.35. The molecule has 0 saturated heterocycles. The second-order valence-corrected chi connectivity index (χ2v) is 4.67. The number of carbonyl (C=O) groups is 1. The molecule has 1 nitrogen and oxygen atoms in total. The molecule has 0 aromatic rings. The van der Waals surface area contributed by atoms with Crippen LogP contribution in [0.25, 0.3) is 0 Å². The number of hydrogen-bond acceptors (Lipinski definition) is 1. The third kappa shape index (κ3) is 1.67. The molecule has 0 aliphatic heterocycles. The van der Waals surface area contributed by atoms with Crippen molar-refractivity contribution in [1.82, 2.24) is 0 Å². The molecular formula is C9H12Cl2O. The van der Waals surface area contributed by atoms with Crippen LogP contribution >= 0.6 is 23.2 Å². The van der Waals surface area contributed by atoms with Gasteiger partial charge < -0.3 is 0 Å². The lowest BCUT2D eigenvalue weighted by molar-refractivity contribution is -0.116. The number of halogens is 2. The van der Waals surface area contributed by atoms with E-state index in [1.54, 1.807) is 6.08 Å². The number of allylic oxidation sites excluding steroid dienone is 2. The average molecular weight is 207 g/mol. The highest BCUT2D eigenvalue weighted by atomic mass is 35.5. The average Bonchev–Trinajstić information content (AvgIpc) is 1.97. The highest BCUT2D eigenvalue weighted by molar-refractivity contribution is 6.45. The second kappa shape index (κ2) is 3.39. The topological polar surface area (TPSA) is 17.1 Å². The fraction of sp³-hybridized carbons (Fsp3) is 0.667. The Morgan fingerprint density at radius 2 is 2.25 bits per heavy atom. The predicted octanol–water partition coefficient (Wildman–Crippen LogP) is 2.96. The van der Waals surface area contributed by atoms with E-state index in [0.29, 0.717) is 6.42 Å². The molecule has 0 fully saturated rings. The third-order valence-electron chi connectivity index (χ3n) is 2.67. The van der Waals surface area contributed by atoms with Gasteiger partial charge in [-0.2, -0.15) is 0 Å². The van der Waals surface area contributed by atoms with Crippen molar-refractivity contribution in [1.29, 1.82) is 0 Å². The molecule has 0 unspecified atom stereocenters. The quantitative estimate of drug-likeness (QED) is 0.604. The summed E-state index contributed by atoms with van der Waals surface area (Å²) >= 11 is 11.7. The molecule has 0 N–H and O–H groups in total. The van der Waals surface area contributed by atoms with Crippen LogP contribution in [0.4, 0.5) is 0 Å². The van der Waals surface area contributed by atoms with Crippen LogP contribution < -0.4 is 0 Å². The molecule has 0 heterocycles. The van der Waals surface area contributed by atoms with Gasteiger partial charge in [0, 0.05) is 11.8 Å². The van der Waals surface area contributed by atoms with E-state index >= 15 is 0 Å². The Hall–Kier alpha value is -0.0100. The largest absolute Gasteiger partial charge is 0.295 e. The van der Waals surface area contributed by atoms with Crippen molar-refractivity contribution < 1.29 is 4.79 Å². The van der Waals surface area contributed by atoms with Crippen molar-refractivity contribution >= 4 is 29.0 Å². The van der Waals surface area contributed by atoms with Crippen molar-refractivity contribution in [2.45, 2.75) is 25.1 Å². The molecule has 1 aliphatic carbocycles. The van der Waals surface area contributed by atoms with Crippen molar-refractivity contribution in [3.63, 3.8) is 0 Å². The van der Waals surface area contributed by atoms with E-state index in [9.17, 15) is 4.79 Å². The smallest absolute Gasteiger partial charge is 0.155 e. The Kier molecular flexibility index (Phi) is 2.84. The first-order chi connectivity index (χ1) is 5.47. The van der Waals surface area contributed by atoms with E-state index < -0.39 is 4.84 Å². The maximum atomic E-state index is 11.0. The van der Waals surface area contributed by atoms with Crippen LogP contribution in [-0.4, -0.2) is 10.6 Å². The number of carbonyl (C=O) groups excluding carboxylic acids is 1. The molecule has 2 atom stereocenters. The molecule has 1 rings (SSSR count). The van der Waals surface area contributed by atoms with E-state index in [4.69, 9.17) is 23.2 Å². The molecule has 12 heavy (non-hydrogen) atoms. The van der Waals surface area contributed by atoms with Gasteiger partial charge in [-0.25, -0.2) is 0 Å². The molecule has 0 bridgehead atoms. The fourth-order valence-electron chi connectivity index (χ4n) is 1.31. The first kappa shape index (κ1) is 10.1. The zero-order valence-corrected chi connectivity index (χ0v) is 8.69. The van der Waals surface area contributed by atoms with Gasteiger partial charge >= 0.3 is 0 Å². The van der Waals surface area contributed by atoms with Crippen molar-refractivity contribution in [3.05, 3.63) is 12.2 Å². The summed E-state index contributed by atoms with van der Waals surface area (Å²) in [6, 6.07) is 0. The van der Waals surface area contributed by atoms with Gasteiger partial charge in [0.05, 0.1) is 0 Å². The lowest BCUT2D eigenvalue weighted by Gasteiger charge is -2.36. The van der Waals surface area contributed by atoms with Crippen LogP contribution in [0.1, 0.15) is 20.3 Å². The van der Waals surface area contributed by atoms with Gasteiger partial charge in [0.1, 0.15) is 4.84 Å². The minimum atomic E-state index is -0.447. The number of alkyl halides is 2. The lowest BCUT2D eigenvalue weighted by Crippen LogP contribution is -2.34. The van der Waals surface area contributed by atoms with E-state index in [1.807, 2.05) is 19.9 Å². The Morgan fingerprint density at radius 3 is 2.67 bits per heavy atom. The van der Waals surface area contributed by atoms with E-state index in [-0.39, 0.29) is 17.1 Å². The summed E-state index contributed by atoms with van der Waals surface area (Å²) in [4.78, 5) is 10.6. The van der Waals surface area contributed by atoms with Gasteiger partial charge in [-0.1, -0.05) is 19.9 Å². The molecular weight excluding hydrogens is 195 g/mol. The number of rotatable bonds is 1.